The van der Waals surface area contributed by atoms with Gasteiger partial charge in [-0.15, -0.1) is 0 Å². The van der Waals surface area contributed by atoms with Crippen molar-refractivity contribution in [3.63, 3.8) is 0 Å². The Balaban J connectivity index is 1.80. The number of hydrogen-bond acceptors (Lipinski definition) is 2. The summed E-state index contributed by atoms with van der Waals surface area (Å²) in [6, 6.07) is 2.96. The summed E-state index contributed by atoms with van der Waals surface area (Å²) < 4.78 is 0. The molecule has 0 aromatic heterocycles. The van der Waals surface area contributed by atoms with Crippen molar-refractivity contribution in [2.24, 2.45) is 17.3 Å². The standard InChI is InChI=1S/C14H24N2/c1-14(2)8-12(14)10-16-13-7-5-3-4-6-11(13)9-15/h11-13,16H,3-8,10H2,1-2H3. The smallest absolute Gasteiger partial charge is 0.0672 e. The van der Waals surface area contributed by atoms with Crippen molar-refractivity contribution in [1.29, 1.82) is 5.26 Å². The average Bonchev–Trinajstić information content (AvgIpc) is 2.92. The fourth-order valence-electron chi connectivity index (χ4n) is 2.92. The Labute approximate surface area is 99.4 Å². The predicted octanol–water partition coefficient (Wildman–Crippen LogP) is 3.09. The van der Waals surface area contributed by atoms with Crippen LogP contribution in [0, 0.1) is 28.6 Å². The van der Waals surface area contributed by atoms with Gasteiger partial charge in [0.2, 0.25) is 0 Å². The van der Waals surface area contributed by atoms with E-state index < -0.39 is 0 Å². The van der Waals surface area contributed by atoms with Gasteiger partial charge in [0.25, 0.3) is 0 Å². The summed E-state index contributed by atoms with van der Waals surface area (Å²) in [4.78, 5) is 0. The van der Waals surface area contributed by atoms with Crippen LogP contribution in [0.25, 0.3) is 0 Å². The van der Waals surface area contributed by atoms with Crippen LogP contribution in [-0.4, -0.2) is 12.6 Å². The fraction of sp³-hybridized carbons (Fsp3) is 0.929. The minimum absolute atomic E-state index is 0.254. The molecule has 90 valence electrons. The van der Waals surface area contributed by atoms with Gasteiger partial charge in [0.15, 0.2) is 0 Å². The summed E-state index contributed by atoms with van der Waals surface area (Å²) in [6.45, 7) is 5.80. The summed E-state index contributed by atoms with van der Waals surface area (Å²) >= 11 is 0. The quantitative estimate of drug-likeness (QED) is 0.742. The molecule has 2 rings (SSSR count). The van der Waals surface area contributed by atoms with Crippen LogP contribution >= 0.6 is 0 Å². The summed E-state index contributed by atoms with van der Waals surface area (Å²) in [5, 5.41) is 12.8. The van der Waals surface area contributed by atoms with Crippen LogP contribution in [0.1, 0.15) is 52.4 Å². The third-order valence-electron chi connectivity index (χ3n) is 4.53. The Morgan fingerprint density at radius 2 is 1.94 bits per heavy atom. The Bertz CT molecular complexity index is 277. The second-order valence-corrected chi connectivity index (χ2v) is 6.28. The molecule has 0 aromatic carbocycles. The zero-order valence-electron chi connectivity index (χ0n) is 10.6. The molecule has 0 bridgehead atoms. The van der Waals surface area contributed by atoms with E-state index in [0.29, 0.717) is 11.5 Å². The number of nitriles is 1. The van der Waals surface area contributed by atoms with Crippen LogP contribution in [0.3, 0.4) is 0 Å². The monoisotopic (exact) mass is 220 g/mol. The fourth-order valence-corrected chi connectivity index (χ4v) is 2.92. The molecular formula is C14H24N2. The SMILES string of the molecule is CC1(C)CC1CNC1CCCCCC1C#N. The molecule has 3 unspecified atom stereocenters. The zero-order valence-corrected chi connectivity index (χ0v) is 10.6. The van der Waals surface area contributed by atoms with Crippen molar-refractivity contribution in [2.45, 2.75) is 58.4 Å². The lowest BCUT2D eigenvalue weighted by atomic mass is 9.96. The van der Waals surface area contributed by atoms with Crippen molar-refractivity contribution in [3.8, 4) is 6.07 Å². The summed E-state index contributed by atoms with van der Waals surface area (Å²) in [6.07, 6.45) is 7.50. The first-order valence-electron chi connectivity index (χ1n) is 6.76. The molecule has 2 aliphatic rings. The van der Waals surface area contributed by atoms with E-state index in [-0.39, 0.29) is 5.92 Å². The minimum Gasteiger partial charge on any atom is -0.312 e. The van der Waals surface area contributed by atoms with E-state index in [1.54, 1.807) is 0 Å². The Kier molecular flexibility index (Phi) is 3.54. The number of nitrogens with zero attached hydrogens (tertiary/aromatic N) is 1. The van der Waals surface area contributed by atoms with Crippen LogP contribution < -0.4 is 5.32 Å². The molecular weight excluding hydrogens is 196 g/mol. The highest BCUT2D eigenvalue weighted by Crippen LogP contribution is 2.51. The van der Waals surface area contributed by atoms with Gasteiger partial charge in [-0.25, -0.2) is 0 Å². The van der Waals surface area contributed by atoms with Gasteiger partial charge >= 0.3 is 0 Å². The molecule has 3 atom stereocenters. The maximum Gasteiger partial charge on any atom is 0.0672 e. The van der Waals surface area contributed by atoms with Crippen molar-refractivity contribution in [3.05, 3.63) is 0 Å². The van der Waals surface area contributed by atoms with E-state index in [1.807, 2.05) is 0 Å². The van der Waals surface area contributed by atoms with Crippen LogP contribution in [0.15, 0.2) is 0 Å². The van der Waals surface area contributed by atoms with Gasteiger partial charge in [-0.1, -0.05) is 33.1 Å². The molecule has 0 aliphatic heterocycles. The molecule has 0 saturated heterocycles. The molecule has 2 heteroatoms. The van der Waals surface area contributed by atoms with Gasteiger partial charge in [0.1, 0.15) is 0 Å². The third-order valence-corrected chi connectivity index (χ3v) is 4.53. The van der Waals surface area contributed by atoms with E-state index in [0.717, 1.165) is 18.9 Å². The third kappa shape index (κ3) is 2.77. The number of rotatable bonds is 3. The molecule has 0 spiro atoms. The van der Waals surface area contributed by atoms with E-state index in [1.165, 1.54) is 32.1 Å². The Morgan fingerprint density at radius 1 is 1.25 bits per heavy atom. The van der Waals surface area contributed by atoms with Crippen molar-refractivity contribution in [1.82, 2.24) is 5.32 Å². The predicted molar refractivity (Wildman–Crippen MR) is 65.9 cm³/mol. The van der Waals surface area contributed by atoms with Crippen LogP contribution in [0.5, 0.6) is 0 Å². The first-order valence-corrected chi connectivity index (χ1v) is 6.76. The summed E-state index contributed by atoms with van der Waals surface area (Å²) in [7, 11) is 0. The lowest BCUT2D eigenvalue weighted by Crippen LogP contribution is -2.36. The van der Waals surface area contributed by atoms with Crippen LogP contribution in [0.4, 0.5) is 0 Å². The zero-order chi connectivity index (χ0) is 11.6. The highest BCUT2D eigenvalue weighted by atomic mass is 14.9. The van der Waals surface area contributed by atoms with Gasteiger partial charge in [-0.3, -0.25) is 0 Å². The second-order valence-electron chi connectivity index (χ2n) is 6.28. The molecule has 2 aliphatic carbocycles. The van der Waals surface area contributed by atoms with Crippen molar-refractivity contribution < 1.29 is 0 Å². The van der Waals surface area contributed by atoms with E-state index >= 15 is 0 Å². The van der Waals surface area contributed by atoms with E-state index in [2.05, 4.69) is 25.2 Å². The first kappa shape index (κ1) is 11.9. The van der Waals surface area contributed by atoms with Gasteiger partial charge in [-0.2, -0.15) is 5.26 Å². The molecule has 2 nitrogen and oxygen atoms in total. The molecule has 0 amide bonds. The Morgan fingerprint density at radius 3 is 2.56 bits per heavy atom. The summed E-state index contributed by atoms with van der Waals surface area (Å²) in [5.74, 6) is 1.10. The maximum atomic E-state index is 9.18. The molecule has 0 heterocycles. The van der Waals surface area contributed by atoms with Gasteiger partial charge in [-0.05, 0) is 37.1 Å². The van der Waals surface area contributed by atoms with Crippen molar-refractivity contribution in [2.75, 3.05) is 6.54 Å². The number of hydrogen-bond donors (Lipinski definition) is 1. The van der Waals surface area contributed by atoms with Crippen LogP contribution in [0.2, 0.25) is 0 Å². The highest BCUT2D eigenvalue weighted by Gasteiger charge is 2.45. The first-order chi connectivity index (χ1) is 7.63. The van der Waals surface area contributed by atoms with Crippen LogP contribution in [-0.2, 0) is 0 Å². The van der Waals surface area contributed by atoms with Gasteiger partial charge in [0, 0.05) is 6.04 Å². The molecule has 1 N–H and O–H groups in total. The minimum atomic E-state index is 0.254. The maximum absolute atomic E-state index is 9.18. The van der Waals surface area contributed by atoms with Gasteiger partial charge in [0.05, 0.1) is 12.0 Å². The normalized spacial score (nSPS) is 37.4. The molecule has 0 aromatic rings. The summed E-state index contributed by atoms with van der Waals surface area (Å²) in [5.41, 5.74) is 0.555. The number of nitrogens with one attached hydrogen (secondary N) is 1. The molecule has 2 saturated carbocycles. The lowest BCUT2D eigenvalue weighted by Gasteiger charge is -2.21. The molecule has 16 heavy (non-hydrogen) atoms. The van der Waals surface area contributed by atoms with Gasteiger partial charge < -0.3 is 5.32 Å². The average molecular weight is 220 g/mol. The van der Waals surface area contributed by atoms with Crippen molar-refractivity contribution >= 4 is 0 Å². The largest absolute Gasteiger partial charge is 0.312 e. The second kappa shape index (κ2) is 4.75. The molecule has 0 radical (unpaired) electrons. The molecule has 2 fully saturated rings. The highest BCUT2D eigenvalue weighted by molar-refractivity contribution is 4.99. The topological polar surface area (TPSA) is 35.8 Å². The lowest BCUT2D eigenvalue weighted by molar-refractivity contribution is 0.376. The Hall–Kier alpha value is -0.550. The van der Waals surface area contributed by atoms with E-state index in [4.69, 9.17) is 0 Å². The van der Waals surface area contributed by atoms with E-state index in [9.17, 15) is 5.26 Å².